The van der Waals surface area contributed by atoms with Gasteiger partial charge in [0, 0.05) is 5.92 Å². The Balaban J connectivity index is 1.98. The van der Waals surface area contributed by atoms with Crippen molar-refractivity contribution < 1.29 is 26.3 Å². The summed E-state index contributed by atoms with van der Waals surface area (Å²) < 4.78 is 77.3. The van der Waals surface area contributed by atoms with Gasteiger partial charge >= 0.3 is 12.4 Å². The lowest BCUT2D eigenvalue weighted by Crippen LogP contribution is -2.09. The zero-order valence-corrected chi connectivity index (χ0v) is 15.5. The third kappa shape index (κ3) is 5.19. The Morgan fingerprint density at radius 1 is 0.586 bits per heavy atom. The van der Waals surface area contributed by atoms with E-state index in [1.165, 1.54) is 24.3 Å². The van der Waals surface area contributed by atoms with Crippen LogP contribution < -0.4 is 0 Å². The summed E-state index contributed by atoms with van der Waals surface area (Å²) in [6, 6.07) is 17.2. The molecule has 0 aliphatic rings. The smallest absolute Gasteiger partial charge is 0.166 e. The van der Waals surface area contributed by atoms with E-state index < -0.39 is 23.5 Å². The minimum atomic E-state index is -4.45. The quantitative estimate of drug-likeness (QED) is 0.395. The Hall–Kier alpha value is -2.76. The molecule has 0 unspecified atom stereocenters. The number of benzene rings is 3. The van der Waals surface area contributed by atoms with Gasteiger partial charge in [-0.05, 0) is 54.3 Å². The standard InChI is InChI=1S/C23H18F6/c1-15-2-4-16(5-3-15)14-21(17-6-10-19(11-7-17)22(24,25)26)18-8-12-20(13-9-18)23(27,28)29/h2-13,21H,14H2,1H3. The van der Waals surface area contributed by atoms with Gasteiger partial charge in [0.25, 0.3) is 0 Å². The number of alkyl halides is 6. The molecule has 0 radical (unpaired) electrons. The Labute approximate surface area is 164 Å². The van der Waals surface area contributed by atoms with E-state index in [1.807, 2.05) is 31.2 Å². The number of rotatable bonds is 4. The summed E-state index contributed by atoms with van der Waals surface area (Å²) in [5.74, 6) is -0.373. The van der Waals surface area contributed by atoms with Crippen molar-refractivity contribution in [3.63, 3.8) is 0 Å². The summed E-state index contributed by atoms with van der Waals surface area (Å²) in [5.41, 5.74) is 1.71. The van der Waals surface area contributed by atoms with Gasteiger partial charge in [-0.15, -0.1) is 0 Å². The molecule has 0 fully saturated rings. The van der Waals surface area contributed by atoms with E-state index >= 15 is 0 Å². The molecule has 3 rings (SSSR count). The Kier molecular flexibility index (Phi) is 5.73. The highest BCUT2D eigenvalue weighted by Gasteiger charge is 2.31. The largest absolute Gasteiger partial charge is 0.416 e. The second kappa shape index (κ2) is 7.93. The van der Waals surface area contributed by atoms with Crippen LogP contribution in [0.3, 0.4) is 0 Å². The van der Waals surface area contributed by atoms with Crippen molar-refractivity contribution in [3.8, 4) is 0 Å². The van der Waals surface area contributed by atoms with Crippen LogP contribution in [0.15, 0.2) is 72.8 Å². The van der Waals surface area contributed by atoms with Gasteiger partial charge < -0.3 is 0 Å². The molecule has 0 saturated heterocycles. The normalized spacial score (nSPS) is 12.4. The molecular formula is C23H18F6. The molecule has 0 saturated carbocycles. The van der Waals surface area contributed by atoms with Crippen LogP contribution in [0.25, 0.3) is 0 Å². The van der Waals surface area contributed by atoms with Crippen molar-refractivity contribution in [2.24, 2.45) is 0 Å². The molecule has 0 amide bonds. The average molecular weight is 408 g/mol. The van der Waals surface area contributed by atoms with Crippen LogP contribution in [0.2, 0.25) is 0 Å². The van der Waals surface area contributed by atoms with Crippen LogP contribution in [0.1, 0.15) is 39.3 Å². The molecule has 0 spiro atoms. The minimum absolute atomic E-state index is 0.373. The molecule has 0 bridgehead atoms. The molecule has 0 heterocycles. The Morgan fingerprint density at radius 3 is 1.31 bits per heavy atom. The Morgan fingerprint density at radius 2 is 0.966 bits per heavy atom. The third-order valence-electron chi connectivity index (χ3n) is 4.84. The van der Waals surface area contributed by atoms with Crippen LogP contribution in [-0.2, 0) is 18.8 Å². The first-order valence-corrected chi connectivity index (χ1v) is 8.94. The summed E-state index contributed by atoms with van der Waals surface area (Å²) in [7, 11) is 0. The maximum absolute atomic E-state index is 12.9. The van der Waals surface area contributed by atoms with Crippen molar-refractivity contribution in [1.29, 1.82) is 0 Å². The molecule has 0 aliphatic carbocycles. The van der Waals surface area contributed by atoms with Crippen molar-refractivity contribution in [3.05, 3.63) is 106 Å². The van der Waals surface area contributed by atoms with E-state index in [4.69, 9.17) is 0 Å². The topological polar surface area (TPSA) is 0 Å². The first kappa shape index (κ1) is 21.0. The summed E-state index contributed by atoms with van der Waals surface area (Å²) in [6.45, 7) is 1.94. The molecular weight excluding hydrogens is 390 g/mol. The molecule has 29 heavy (non-hydrogen) atoms. The summed E-state index contributed by atoms with van der Waals surface area (Å²) in [6.07, 6.45) is -8.43. The van der Waals surface area contributed by atoms with E-state index in [2.05, 4.69) is 0 Å². The third-order valence-corrected chi connectivity index (χ3v) is 4.84. The van der Waals surface area contributed by atoms with Crippen LogP contribution in [-0.4, -0.2) is 0 Å². The van der Waals surface area contributed by atoms with Gasteiger partial charge in [0.05, 0.1) is 11.1 Å². The maximum Gasteiger partial charge on any atom is 0.416 e. The van der Waals surface area contributed by atoms with Crippen LogP contribution in [0.5, 0.6) is 0 Å². The fraction of sp³-hybridized carbons (Fsp3) is 0.217. The number of halogens is 6. The van der Waals surface area contributed by atoms with Crippen LogP contribution >= 0.6 is 0 Å². The van der Waals surface area contributed by atoms with Gasteiger partial charge in [0.1, 0.15) is 0 Å². The molecule has 152 valence electrons. The highest BCUT2D eigenvalue weighted by Crippen LogP contribution is 2.35. The second-order valence-corrected chi connectivity index (χ2v) is 6.98. The molecule has 0 N–H and O–H groups in total. The molecule has 0 atom stereocenters. The maximum atomic E-state index is 12.9. The first-order valence-electron chi connectivity index (χ1n) is 8.94. The van der Waals surface area contributed by atoms with E-state index in [0.29, 0.717) is 17.5 Å². The summed E-state index contributed by atoms with van der Waals surface area (Å²) >= 11 is 0. The zero-order valence-electron chi connectivity index (χ0n) is 15.5. The molecule has 0 aliphatic heterocycles. The van der Waals surface area contributed by atoms with Gasteiger partial charge in [-0.25, -0.2) is 0 Å². The van der Waals surface area contributed by atoms with E-state index in [-0.39, 0.29) is 5.92 Å². The number of hydrogen-bond acceptors (Lipinski definition) is 0. The lowest BCUT2D eigenvalue weighted by molar-refractivity contribution is -0.138. The monoisotopic (exact) mass is 408 g/mol. The SMILES string of the molecule is Cc1ccc(CC(c2ccc(C(F)(F)F)cc2)c2ccc(C(F)(F)F)cc2)cc1. The molecule has 3 aromatic carbocycles. The van der Waals surface area contributed by atoms with Gasteiger partial charge in [-0.2, -0.15) is 26.3 Å². The lowest BCUT2D eigenvalue weighted by atomic mass is 9.85. The van der Waals surface area contributed by atoms with Crippen molar-refractivity contribution in [1.82, 2.24) is 0 Å². The van der Waals surface area contributed by atoms with E-state index in [9.17, 15) is 26.3 Å². The Bertz CT molecular complexity index is 876. The van der Waals surface area contributed by atoms with Crippen molar-refractivity contribution in [2.75, 3.05) is 0 Å². The fourth-order valence-electron chi connectivity index (χ4n) is 3.20. The second-order valence-electron chi connectivity index (χ2n) is 6.98. The summed E-state index contributed by atoms with van der Waals surface area (Å²) in [5, 5.41) is 0. The van der Waals surface area contributed by atoms with E-state index in [1.54, 1.807) is 0 Å². The summed E-state index contributed by atoms with van der Waals surface area (Å²) in [4.78, 5) is 0. The van der Waals surface area contributed by atoms with Gasteiger partial charge in [-0.1, -0.05) is 54.1 Å². The fourth-order valence-corrected chi connectivity index (χ4v) is 3.20. The van der Waals surface area contributed by atoms with Crippen molar-refractivity contribution in [2.45, 2.75) is 31.6 Å². The predicted octanol–water partition coefficient (Wildman–Crippen LogP) is 7.41. The van der Waals surface area contributed by atoms with Gasteiger partial charge in [-0.3, -0.25) is 0 Å². The zero-order chi connectivity index (χ0) is 21.2. The minimum Gasteiger partial charge on any atom is -0.166 e. The lowest BCUT2D eigenvalue weighted by Gasteiger charge is -2.20. The molecule has 0 aromatic heterocycles. The van der Waals surface area contributed by atoms with Crippen molar-refractivity contribution >= 4 is 0 Å². The predicted molar refractivity (Wildman–Crippen MR) is 99.6 cm³/mol. The van der Waals surface area contributed by atoms with Crippen LogP contribution in [0.4, 0.5) is 26.3 Å². The molecule has 0 nitrogen and oxygen atoms in total. The molecule has 3 aromatic rings. The van der Waals surface area contributed by atoms with E-state index in [0.717, 1.165) is 35.4 Å². The van der Waals surface area contributed by atoms with Gasteiger partial charge in [0.15, 0.2) is 0 Å². The van der Waals surface area contributed by atoms with Crippen LogP contribution in [0, 0.1) is 6.92 Å². The number of hydrogen-bond donors (Lipinski definition) is 0. The highest BCUT2D eigenvalue weighted by atomic mass is 19.4. The highest BCUT2D eigenvalue weighted by molar-refractivity contribution is 5.38. The van der Waals surface area contributed by atoms with Gasteiger partial charge in [0.2, 0.25) is 0 Å². The number of aryl methyl sites for hydroxylation is 1. The molecule has 6 heteroatoms. The first-order chi connectivity index (χ1) is 13.5. The average Bonchev–Trinajstić information content (AvgIpc) is 2.66.